The number of rotatable bonds is 3. The number of hydrogen-bond acceptors (Lipinski definition) is 1. The van der Waals surface area contributed by atoms with Crippen LogP contribution in [0.3, 0.4) is 0 Å². The predicted octanol–water partition coefficient (Wildman–Crippen LogP) is 1.87. The van der Waals surface area contributed by atoms with Gasteiger partial charge in [-0.25, -0.2) is 0 Å². The third-order valence-electron chi connectivity index (χ3n) is 1.42. The first-order valence-electron chi connectivity index (χ1n) is 3.52. The highest BCUT2D eigenvalue weighted by atomic mass is 35.6. The average molecular weight is 216 g/mol. The van der Waals surface area contributed by atoms with Crippen molar-refractivity contribution in [1.29, 1.82) is 0 Å². The Morgan fingerprint density at radius 3 is 1.40 bits per heavy atom. The van der Waals surface area contributed by atoms with Gasteiger partial charge in [0.05, 0.1) is 0 Å². The van der Waals surface area contributed by atoms with Crippen LogP contribution >= 0.6 is 22.2 Å². The van der Waals surface area contributed by atoms with Gasteiger partial charge in [-0.05, 0) is 19.1 Å². The molecule has 0 amide bonds. The van der Waals surface area contributed by atoms with E-state index in [1.165, 1.54) is 0 Å². The average Bonchev–Trinajstić information content (AvgIpc) is 1.59. The zero-order chi connectivity index (χ0) is 8.31. The van der Waals surface area contributed by atoms with Crippen LogP contribution in [0.1, 0.15) is 13.8 Å². The minimum Gasteiger partial charge on any atom is -0.324 e. The molecular formula is C5H15Cl2NSi2. The van der Waals surface area contributed by atoms with Crippen LogP contribution in [0.15, 0.2) is 0 Å². The summed E-state index contributed by atoms with van der Waals surface area (Å²) < 4.78 is 2.31. The molecule has 0 spiro atoms. The quantitative estimate of drug-likeness (QED) is 0.514. The maximum Gasteiger partial charge on any atom is 0.205 e. The summed E-state index contributed by atoms with van der Waals surface area (Å²) in [6.07, 6.45) is 0. The maximum atomic E-state index is 6.05. The van der Waals surface area contributed by atoms with Gasteiger partial charge in [0, 0.05) is 0 Å². The van der Waals surface area contributed by atoms with Gasteiger partial charge in [0.25, 0.3) is 0 Å². The summed E-state index contributed by atoms with van der Waals surface area (Å²) >= 11 is 12.1. The van der Waals surface area contributed by atoms with Gasteiger partial charge in [0.1, 0.15) is 0 Å². The molecule has 62 valence electrons. The molecular weight excluding hydrogens is 201 g/mol. The van der Waals surface area contributed by atoms with Crippen molar-refractivity contribution in [1.82, 2.24) is 4.23 Å². The van der Waals surface area contributed by atoms with Crippen LogP contribution in [-0.2, 0) is 0 Å². The zero-order valence-electron chi connectivity index (χ0n) is 6.94. The normalized spacial score (nSPS) is 18.0. The Kier molecular flexibility index (Phi) is 5.24. The molecule has 0 aliphatic rings. The minimum absolute atomic E-state index is 0.526. The van der Waals surface area contributed by atoms with Gasteiger partial charge in [-0.3, -0.25) is 0 Å². The molecule has 0 saturated heterocycles. The summed E-state index contributed by atoms with van der Waals surface area (Å²) in [5.41, 5.74) is 0. The number of hydrogen-bond donors (Lipinski definition) is 0. The lowest BCUT2D eigenvalue weighted by atomic mass is 10.4. The second kappa shape index (κ2) is 4.77. The fraction of sp³-hybridized carbons (Fsp3) is 1.00. The first-order chi connectivity index (χ1) is 4.46. The van der Waals surface area contributed by atoms with E-state index < -0.39 is 16.5 Å². The van der Waals surface area contributed by atoms with Gasteiger partial charge in [0.15, 0.2) is 0 Å². The standard InChI is InChI=1S/C5H15Cl2NSi2/c1-5(2)8(9(3)6)10(4)7/h5,9-10H,1-4H3. The van der Waals surface area contributed by atoms with Crippen molar-refractivity contribution in [2.75, 3.05) is 0 Å². The number of halogens is 2. The van der Waals surface area contributed by atoms with E-state index in [1.807, 2.05) is 0 Å². The van der Waals surface area contributed by atoms with E-state index in [9.17, 15) is 0 Å². The van der Waals surface area contributed by atoms with E-state index >= 15 is 0 Å². The molecule has 0 heterocycles. The molecule has 2 atom stereocenters. The van der Waals surface area contributed by atoms with E-state index in [-0.39, 0.29) is 0 Å². The van der Waals surface area contributed by atoms with Crippen LogP contribution in [0.2, 0.25) is 13.1 Å². The van der Waals surface area contributed by atoms with Crippen LogP contribution in [0.5, 0.6) is 0 Å². The Labute approximate surface area is 76.1 Å². The monoisotopic (exact) mass is 215 g/mol. The molecule has 0 rings (SSSR count). The van der Waals surface area contributed by atoms with E-state index in [2.05, 4.69) is 31.2 Å². The molecule has 0 aromatic rings. The van der Waals surface area contributed by atoms with Gasteiger partial charge in [-0.2, -0.15) is 22.2 Å². The first-order valence-corrected chi connectivity index (χ1v) is 10.4. The summed E-state index contributed by atoms with van der Waals surface area (Å²) in [5.74, 6) is 0. The molecule has 1 nitrogen and oxygen atoms in total. The predicted molar refractivity (Wildman–Crippen MR) is 54.7 cm³/mol. The van der Waals surface area contributed by atoms with Crippen molar-refractivity contribution in [3.63, 3.8) is 0 Å². The fourth-order valence-electron chi connectivity index (χ4n) is 1.10. The Morgan fingerprint density at radius 1 is 1.10 bits per heavy atom. The van der Waals surface area contributed by atoms with E-state index in [0.717, 1.165) is 0 Å². The highest BCUT2D eigenvalue weighted by Gasteiger charge is 2.21. The Bertz CT molecular complexity index is 78.6. The maximum absolute atomic E-state index is 6.05. The largest absolute Gasteiger partial charge is 0.324 e. The van der Waals surface area contributed by atoms with Crippen LogP contribution in [0, 0.1) is 0 Å². The van der Waals surface area contributed by atoms with Crippen LogP contribution in [0.25, 0.3) is 0 Å². The molecule has 0 fully saturated rings. The lowest BCUT2D eigenvalue weighted by Gasteiger charge is -2.30. The van der Waals surface area contributed by atoms with Crippen molar-refractivity contribution in [2.45, 2.75) is 33.0 Å². The second-order valence-electron chi connectivity index (χ2n) is 2.69. The van der Waals surface area contributed by atoms with Gasteiger partial charge in [-0.15, -0.1) is 0 Å². The minimum atomic E-state index is -1.17. The summed E-state index contributed by atoms with van der Waals surface area (Å²) in [5, 5.41) is 0. The molecule has 10 heavy (non-hydrogen) atoms. The van der Waals surface area contributed by atoms with Gasteiger partial charge < -0.3 is 4.23 Å². The van der Waals surface area contributed by atoms with Crippen LogP contribution in [0.4, 0.5) is 0 Å². The molecule has 2 unspecified atom stereocenters. The highest BCUT2D eigenvalue weighted by molar-refractivity contribution is 7.15. The summed E-state index contributed by atoms with van der Waals surface area (Å²) in [6, 6.07) is 0.526. The molecule has 0 aromatic carbocycles. The SMILES string of the molecule is CC(C)N([SiH](C)Cl)[SiH](C)Cl. The lowest BCUT2D eigenvalue weighted by Crippen LogP contribution is -2.45. The van der Waals surface area contributed by atoms with E-state index in [0.29, 0.717) is 6.04 Å². The van der Waals surface area contributed by atoms with Crippen molar-refractivity contribution in [3.05, 3.63) is 0 Å². The van der Waals surface area contributed by atoms with E-state index in [1.54, 1.807) is 0 Å². The zero-order valence-corrected chi connectivity index (χ0v) is 10.8. The summed E-state index contributed by atoms with van der Waals surface area (Å²) in [7, 11) is -2.33. The molecule has 0 aliphatic carbocycles. The Balaban J connectivity index is 3.98. The highest BCUT2D eigenvalue weighted by Crippen LogP contribution is 2.10. The smallest absolute Gasteiger partial charge is 0.205 e. The van der Waals surface area contributed by atoms with Gasteiger partial charge in [-0.1, -0.05) is 13.8 Å². The topological polar surface area (TPSA) is 3.24 Å². The van der Waals surface area contributed by atoms with Crippen molar-refractivity contribution in [3.8, 4) is 0 Å². The van der Waals surface area contributed by atoms with Crippen LogP contribution in [-0.4, -0.2) is 26.8 Å². The molecule has 0 saturated carbocycles. The molecule has 0 bridgehead atoms. The van der Waals surface area contributed by atoms with Crippen LogP contribution < -0.4 is 0 Å². The van der Waals surface area contributed by atoms with Gasteiger partial charge in [0.2, 0.25) is 16.5 Å². The molecule has 0 radical (unpaired) electrons. The Hall–Kier alpha value is 0.974. The second-order valence-corrected chi connectivity index (χ2v) is 10.6. The van der Waals surface area contributed by atoms with Gasteiger partial charge >= 0.3 is 0 Å². The molecule has 0 N–H and O–H groups in total. The Morgan fingerprint density at radius 2 is 1.40 bits per heavy atom. The first kappa shape index (κ1) is 11.0. The van der Waals surface area contributed by atoms with Crippen molar-refractivity contribution in [2.24, 2.45) is 0 Å². The third-order valence-corrected chi connectivity index (χ3v) is 9.42. The van der Waals surface area contributed by atoms with E-state index in [4.69, 9.17) is 22.2 Å². The summed E-state index contributed by atoms with van der Waals surface area (Å²) in [6.45, 7) is 8.51. The molecule has 0 aliphatic heterocycles. The van der Waals surface area contributed by atoms with Crippen molar-refractivity contribution >= 4 is 38.7 Å². The number of nitrogens with zero attached hydrogens (tertiary/aromatic N) is 1. The molecule has 5 heteroatoms. The molecule has 0 aromatic heterocycles. The summed E-state index contributed by atoms with van der Waals surface area (Å²) in [4.78, 5) is 0. The fourth-order valence-corrected chi connectivity index (χ4v) is 9.93. The lowest BCUT2D eigenvalue weighted by molar-refractivity contribution is 0.545. The third kappa shape index (κ3) is 3.39. The van der Waals surface area contributed by atoms with Crippen molar-refractivity contribution < 1.29 is 0 Å².